The summed E-state index contributed by atoms with van der Waals surface area (Å²) in [6.45, 7) is 0. The van der Waals surface area contributed by atoms with Crippen molar-refractivity contribution in [3.63, 3.8) is 0 Å². The van der Waals surface area contributed by atoms with Crippen LogP contribution >= 0.6 is 0 Å². The Hall–Kier alpha value is -4.72. The van der Waals surface area contributed by atoms with Gasteiger partial charge >= 0.3 is 0 Å². The molecule has 0 fully saturated rings. The van der Waals surface area contributed by atoms with Crippen molar-refractivity contribution in [2.24, 2.45) is 0 Å². The summed E-state index contributed by atoms with van der Waals surface area (Å²) < 4.78 is 115. The Morgan fingerprint density at radius 3 is 1.33 bits per heavy atom. The minimum atomic E-state index is -4.89. The van der Waals surface area contributed by atoms with Crippen LogP contribution in [0.15, 0.2) is 99.6 Å². The van der Waals surface area contributed by atoms with Crippen LogP contribution in [0.1, 0.15) is 37.4 Å². The first-order valence-corrected chi connectivity index (χ1v) is 20.5. The van der Waals surface area contributed by atoms with E-state index in [9.17, 15) is 52.4 Å². The van der Waals surface area contributed by atoms with Crippen LogP contribution in [-0.4, -0.2) is 67.1 Å². The zero-order valence-electron chi connectivity index (χ0n) is 25.6. The van der Waals surface area contributed by atoms with E-state index in [0.717, 1.165) is 36.8 Å². The Balaban J connectivity index is 1.58. The SMILES string of the molecule is CS(=O)(=O)Cc1ccc(C(=O)Nc2ccc(/C=C/c3ccc(NC(=O)c4ccc(S(C)(=O)=O)cc4)cc3S(=O)(=O)O)c(S(=O)(=O)O)c2)cc1. The first-order valence-electron chi connectivity index (χ1n) is 13.7. The number of anilines is 2. The highest BCUT2D eigenvalue weighted by atomic mass is 32.2. The molecule has 18 heteroatoms. The summed E-state index contributed by atoms with van der Waals surface area (Å²) in [6.07, 6.45) is 4.35. The zero-order chi connectivity index (χ0) is 36.4. The summed E-state index contributed by atoms with van der Waals surface area (Å²) in [5.74, 6) is -1.59. The number of rotatable bonds is 11. The molecule has 4 N–H and O–H groups in total. The summed E-state index contributed by atoms with van der Waals surface area (Å²) in [4.78, 5) is 24.1. The van der Waals surface area contributed by atoms with Gasteiger partial charge in [0.1, 0.15) is 9.79 Å². The smallest absolute Gasteiger partial charge is 0.295 e. The molecule has 0 atom stereocenters. The highest BCUT2D eigenvalue weighted by Gasteiger charge is 2.19. The molecule has 0 saturated carbocycles. The van der Waals surface area contributed by atoms with Gasteiger partial charge in [-0.15, -0.1) is 0 Å². The van der Waals surface area contributed by atoms with Crippen LogP contribution < -0.4 is 10.6 Å². The molecule has 0 aromatic heterocycles. The lowest BCUT2D eigenvalue weighted by molar-refractivity contribution is 0.101. The third-order valence-corrected chi connectivity index (χ3v) is 10.5. The first kappa shape index (κ1) is 37.1. The lowest BCUT2D eigenvalue weighted by atomic mass is 10.1. The van der Waals surface area contributed by atoms with Crippen molar-refractivity contribution >= 4 is 75.3 Å². The molecule has 258 valence electrons. The molecule has 0 saturated heterocycles. The average molecular weight is 749 g/mol. The van der Waals surface area contributed by atoms with Gasteiger partial charge in [-0.25, -0.2) is 16.8 Å². The van der Waals surface area contributed by atoms with Gasteiger partial charge in [0.25, 0.3) is 32.1 Å². The maximum Gasteiger partial charge on any atom is 0.295 e. The summed E-state index contributed by atoms with van der Waals surface area (Å²) in [6, 6.07) is 17.6. The quantitative estimate of drug-likeness (QED) is 0.127. The van der Waals surface area contributed by atoms with Crippen molar-refractivity contribution in [3.8, 4) is 0 Å². The van der Waals surface area contributed by atoms with Gasteiger partial charge in [-0.05, 0) is 77.4 Å². The molecule has 0 unspecified atom stereocenters. The molecule has 0 spiro atoms. The number of benzene rings is 4. The van der Waals surface area contributed by atoms with Crippen LogP contribution in [0.25, 0.3) is 12.2 Å². The fourth-order valence-electron chi connectivity index (χ4n) is 4.44. The molecular formula is C31H28N2O12S4. The molecule has 2 amide bonds. The minimum absolute atomic E-state index is 0.0129. The topological polar surface area (TPSA) is 235 Å². The number of hydrogen-bond acceptors (Lipinski definition) is 10. The fourth-order valence-corrected chi connectivity index (χ4v) is 7.29. The Morgan fingerprint density at radius 2 is 0.980 bits per heavy atom. The second-order valence-corrected chi connectivity index (χ2v) is 17.7. The lowest BCUT2D eigenvalue weighted by Crippen LogP contribution is -2.13. The standard InChI is InChI=1S/C31H28N2O12S4/c1-46(36,37)19-20-3-5-23(6-4-20)30(34)32-25-13-9-21(28(17-25)48(40,41)42)7-8-22-10-14-26(18-29(22)49(43,44)45)33-31(35)24-11-15-27(16-12-24)47(2,38)39/h3-18H,19H2,1-2H3,(H,32,34)(H,33,35)(H,40,41,42)(H,43,44,45)/b8-7+. The highest BCUT2D eigenvalue weighted by Crippen LogP contribution is 2.27. The van der Waals surface area contributed by atoms with E-state index in [1.165, 1.54) is 72.8 Å². The van der Waals surface area contributed by atoms with E-state index in [0.29, 0.717) is 5.56 Å². The third-order valence-electron chi connectivity index (χ3n) is 6.73. The van der Waals surface area contributed by atoms with Gasteiger partial charge in [-0.2, -0.15) is 16.8 Å². The van der Waals surface area contributed by atoms with Crippen LogP contribution in [-0.2, 0) is 45.7 Å². The van der Waals surface area contributed by atoms with Crippen molar-refractivity contribution < 1.29 is 52.4 Å². The predicted octanol–water partition coefficient (Wildman–Crippen LogP) is 3.80. The number of nitrogens with one attached hydrogen (secondary N) is 2. The molecule has 0 aliphatic carbocycles. The molecule has 0 bridgehead atoms. The van der Waals surface area contributed by atoms with Crippen molar-refractivity contribution in [3.05, 3.63) is 113 Å². The van der Waals surface area contributed by atoms with Crippen molar-refractivity contribution in [1.29, 1.82) is 0 Å². The number of amides is 2. The van der Waals surface area contributed by atoms with Crippen molar-refractivity contribution in [2.75, 3.05) is 23.1 Å². The summed E-state index contributed by atoms with van der Waals surface area (Å²) in [7, 11) is -16.6. The molecule has 4 aromatic rings. The Labute approximate surface area is 282 Å². The molecule has 49 heavy (non-hydrogen) atoms. The second-order valence-electron chi connectivity index (χ2n) is 10.8. The normalized spacial score (nSPS) is 12.5. The largest absolute Gasteiger partial charge is 0.322 e. The molecule has 4 aromatic carbocycles. The Morgan fingerprint density at radius 1 is 0.592 bits per heavy atom. The van der Waals surface area contributed by atoms with E-state index in [4.69, 9.17) is 0 Å². The number of sulfone groups is 2. The molecule has 0 heterocycles. The van der Waals surface area contributed by atoms with E-state index >= 15 is 0 Å². The molecule has 0 aliphatic heterocycles. The van der Waals surface area contributed by atoms with E-state index < -0.39 is 61.5 Å². The predicted molar refractivity (Wildman–Crippen MR) is 182 cm³/mol. The summed E-state index contributed by atoms with van der Waals surface area (Å²) in [5, 5.41) is 4.93. The molecule has 4 rings (SSSR count). The van der Waals surface area contributed by atoms with Gasteiger partial charge in [-0.1, -0.05) is 36.4 Å². The first-order chi connectivity index (χ1) is 22.6. The second kappa shape index (κ2) is 14.0. The highest BCUT2D eigenvalue weighted by molar-refractivity contribution is 7.90. The van der Waals surface area contributed by atoms with Crippen LogP contribution in [0, 0.1) is 0 Å². The van der Waals surface area contributed by atoms with Crippen molar-refractivity contribution in [1.82, 2.24) is 0 Å². The maximum absolute atomic E-state index is 12.7. The summed E-state index contributed by atoms with van der Waals surface area (Å²) in [5.41, 5.74) is 0.323. The molecule has 0 radical (unpaired) electrons. The summed E-state index contributed by atoms with van der Waals surface area (Å²) >= 11 is 0. The van der Waals surface area contributed by atoms with Gasteiger partial charge in [0.2, 0.25) is 0 Å². The van der Waals surface area contributed by atoms with E-state index in [1.807, 2.05) is 0 Å². The number of hydrogen-bond donors (Lipinski definition) is 4. The lowest BCUT2D eigenvalue weighted by Gasteiger charge is -2.11. The minimum Gasteiger partial charge on any atom is -0.322 e. The average Bonchev–Trinajstić information content (AvgIpc) is 2.99. The monoisotopic (exact) mass is 748 g/mol. The third kappa shape index (κ3) is 10.1. The molecular weight excluding hydrogens is 721 g/mol. The Bertz CT molecular complexity index is 2420. The van der Waals surface area contributed by atoms with E-state index in [-0.39, 0.29) is 44.3 Å². The fraction of sp³-hybridized carbons (Fsp3) is 0.0968. The van der Waals surface area contributed by atoms with Crippen LogP contribution in [0.5, 0.6) is 0 Å². The van der Waals surface area contributed by atoms with Gasteiger partial charge in [0.15, 0.2) is 19.7 Å². The molecule has 14 nitrogen and oxygen atoms in total. The maximum atomic E-state index is 12.7. The van der Waals surface area contributed by atoms with Gasteiger partial charge in [0.05, 0.1) is 10.6 Å². The Kier molecular flexibility index (Phi) is 10.6. The molecule has 0 aliphatic rings. The van der Waals surface area contributed by atoms with Crippen LogP contribution in [0.4, 0.5) is 11.4 Å². The zero-order valence-corrected chi connectivity index (χ0v) is 28.8. The van der Waals surface area contributed by atoms with Crippen LogP contribution in [0.2, 0.25) is 0 Å². The van der Waals surface area contributed by atoms with Gasteiger partial charge in [-0.3, -0.25) is 18.7 Å². The van der Waals surface area contributed by atoms with Gasteiger partial charge < -0.3 is 10.6 Å². The van der Waals surface area contributed by atoms with E-state index in [2.05, 4.69) is 10.6 Å². The van der Waals surface area contributed by atoms with Crippen molar-refractivity contribution in [2.45, 2.75) is 20.4 Å². The van der Waals surface area contributed by atoms with Crippen LogP contribution in [0.3, 0.4) is 0 Å². The number of carbonyl (C=O) groups excluding carboxylic acids is 2. The van der Waals surface area contributed by atoms with E-state index in [1.54, 1.807) is 0 Å². The van der Waals surface area contributed by atoms with Gasteiger partial charge in [0, 0.05) is 35.0 Å². The number of carbonyl (C=O) groups is 2.